The summed E-state index contributed by atoms with van der Waals surface area (Å²) >= 11 is 5.53. The van der Waals surface area contributed by atoms with Crippen LogP contribution in [-0.2, 0) is 24.3 Å². The molecule has 2 bridgehead atoms. The van der Waals surface area contributed by atoms with Crippen LogP contribution in [-0.4, -0.2) is 60.2 Å². The van der Waals surface area contributed by atoms with Gasteiger partial charge in [0.15, 0.2) is 0 Å². The number of hydrogen-bond donors (Lipinski definition) is 0. The summed E-state index contributed by atoms with van der Waals surface area (Å²) in [6.07, 6.45) is 4.28. The van der Waals surface area contributed by atoms with E-state index in [9.17, 15) is 13.2 Å². The number of ether oxygens (including phenoxy) is 2. The average Bonchev–Trinajstić information content (AvgIpc) is 3.12. The molecule has 8 heteroatoms. The first-order valence-corrected chi connectivity index (χ1v) is 10.0. The molecule has 1 aliphatic carbocycles. The normalized spacial score (nSPS) is 43.6. The van der Waals surface area contributed by atoms with Gasteiger partial charge in [0, 0.05) is 6.04 Å². The van der Waals surface area contributed by atoms with Crippen LogP contribution < -0.4 is 0 Å². The lowest BCUT2D eigenvalue weighted by Gasteiger charge is -2.35. The molecule has 4 rings (SSSR count). The van der Waals surface area contributed by atoms with Crippen LogP contribution in [0.1, 0.15) is 38.5 Å². The first-order valence-electron chi connectivity index (χ1n) is 7.97. The molecule has 22 heavy (non-hydrogen) atoms. The second-order valence-corrected chi connectivity index (χ2v) is 8.98. The fourth-order valence-electron chi connectivity index (χ4n) is 4.65. The number of halogens is 1. The Balaban J connectivity index is 1.66. The van der Waals surface area contributed by atoms with E-state index in [0.717, 1.165) is 32.1 Å². The number of sulfonamides is 1. The number of rotatable bonds is 3. The van der Waals surface area contributed by atoms with Crippen LogP contribution in [0.15, 0.2) is 0 Å². The highest BCUT2D eigenvalue weighted by atomic mass is 35.5. The maximum absolute atomic E-state index is 12.9. The van der Waals surface area contributed by atoms with Crippen molar-refractivity contribution < 1.29 is 22.7 Å². The lowest BCUT2D eigenvalue weighted by atomic mass is 9.89. The lowest BCUT2D eigenvalue weighted by Crippen LogP contribution is -2.51. The molecule has 6 nitrogen and oxygen atoms in total. The maximum Gasteiger partial charge on any atom is 0.321 e. The van der Waals surface area contributed by atoms with Gasteiger partial charge in [0.2, 0.25) is 10.0 Å². The van der Waals surface area contributed by atoms with Gasteiger partial charge in [-0.2, -0.15) is 4.31 Å². The van der Waals surface area contributed by atoms with Crippen molar-refractivity contribution in [1.29, 1.82) is 0 Å². The maximum atomic E-state index is 12.9. The van der Waals surface area contributed by atoms with Crippen molar-refractivity contribution >= 4 is 27.6 Å². The Hall–Kier alpha value is -0.370. The molecular formula is C14H20ClNO5S. The Labute approximate surface area is 135 Å². The van der Waals surface area contributed by atoms with Gasteiger partial charge in [-0.15, -0.1) is 11.6 Å². The van der Waals surface area contributed by atoms with Crippen molar-refractivity contribution in [3.8, 4) is 0 Å². The molecule has 0 N–H and O–H groups in total. The minimum absolute atomic E-state index is 0.0221. The molecule has 4 aliphatic rings. The minimum atomic E-state index is -3.36. The molecule has 0 spiro atoms. The Bertz CT molecular complexity index is 576. The Morgan fingerprint density at radius 2 is 2.00 bits per heavy atom. The van der Waals surface area contributed by atoms with Gasteiger partial charge in [-0.1, -0.05) is 19.3 Å². The zero-order chi connectivity index (χ0) is 15.5. The van der Waals surface area contributed by atoms with Gasteiger partial charge in [0.05, 0.1) is 18.2 Å². The Morgan fingerprint density at radius 1 is 1.27 bits per heavy atom. The van der Waals surface area contributed by atoms with E-state index in [1.165, 1.54) is 0 Å². The van der Waals surface area contributed by atoms with E-state index in [1.54, 1.807) is 4.31 Å². The molecule has 3 heterocycles. The first-order chi connectivity index (χ1) is 10.5. The van der Waals surface area contributed by atoms with E-state index in [2.05, 4.69) is 0 Å². The number of hydrogen-bond acceptors (Lipinski definition) is 5. The van der Waals surface area contributed by atoms with Gasteiger partial charge in [0.1, 0.15) is 17.2 Å². The van der Waals surface area contributed by atoms with E-state index >= 15 is 0 Å². The first kappa shape index (κ1) is 15.2. The summed E-state index contributed by atoms with van der Waals surface area (Å²) in [6.45, 7) is 0. The molecule has 0 radical (unpaired) electrons. The zero-order valence-corrected chi connectivity index (χ0v) is 13.8. The van der Waals surface area contributed by atoms with Crippen molar-refractivity contribution in [1.82, 2.24) is 4.31 Å². The van der Waals surface area contributed by atoms with Crippen LogP contribution in [0.2, 0.25) is 0 Å². The fraction of sp³-hybridized carbons (Fsp3) is 0.929. The van der Waals surface area contributed by atoms with Crippen molar-refractivity contribution in [3.63, 3.8) is 0 Å². The van der Waals surface area contributed by atoms with Gasteiger partial charge in [0.25, 0.3) is 0 Å². The molecule has 0 aromatic carbocycles. The van der Waals surface area contributed by atoms with Crippen molar-refractivity contribution in [2.45, 2.75) is 74.2 Å². The molecule has 0 aromatic heterocycles. The molecule has 3 aliphatic heterocycles. The van der Waals surface area contributed by atoms with E-state index in [1.807, 2.05) is 0 Å². The zero-order valence-electron chi connectivity index (χ0n) is 12.2. The lowest BCUT2D eigenvalue weighted by molar-refractivity contribution is -0.150. The summed E-state index contributed by atoms with van der Waals surface area (Å²) in [5, 5.41) is -0.463. The summed E-state index contributed by atoms with van der Waals surface area (Å²) in [6, 6.07) is -0.335. The molecule has 3 saturated heterocycles. The molecular weight excluding hydrogens is 330 g/mol. The molecule has 124 valence electrons. The SMILES string of the molecule is O=C(CCl)OC1C2CC3C(O2)C1N(C1CCCCC1)S3(=O)=O. The molecule has 5 unspecified atom stereocenters. The van der Waals surface area contributed by atoms with Crippen molar-refractivity contribution in [2.24, 2.45) is 0 Å². The summed E-state index contributed by atoms with van der Waals surface area (Å²) in [5.74, 6) is -0.729. The smallest absolute Gasteiger partial charge is 0.321 e. The quantitative estimate of drug-likeness (QED) is 0.562. The Kier molecular flexibility index (Phi) is 3.67. The van der Waals surface area contributed by atoms with Gasteiger partial charge in [-0.25, -0.2) is 8.42 Å². The van der Waals surface area contributed by atoms with Gasteiger partial charge >= 0.3 is 5.97 Å². The standard InChI is InChI=1S/C14H20ClNO5S/c15-7-11(17)21-13-9-6-10-14(20-9)12(13)16(22(10,18)19)8-4-2-1-3-5-8/h8-10,12-14H,1-7H2. The second-order valence-electron chi connectivity index (χ2n) is 6.66. The molecule has 0 amide bonds. The van der Waals surface area contributed by atoms with Crippen LogP contribution in [0.25, 0.3) is 0 Å². The van der Waals surface area contributed by atoms with Crippen molar-refractivity contribution in [2.75, 3.05) is 5.88 Å². The molecule has 4 fully saturated rings. The topological polar surface area (TPSA) is 72.9 Å². The highest BCUT2D eigenvalue weighted by molar-refractivity contribution is 7.90. The summed E-state index contributed by atoms with van der Waals surface area (Å²) in [5.41, 5.74) is 0. The van der Waals surface area contributed by atoms with Crippen LogP contribution >= 0.6 is 11.6 Å². The van der Waals surface area contributed by atoms with Crippen LogP contribution in [0.5, 0.6) is 0 Å². The fourth-order valence-corrected chi connectivity index (χ4v) is 7.23. The third kappa shape index (κ3) is 2.05. The number of carbonyl (C=O) groups excluding carboxylic acids is 1. The Morgan fingerprint density at radius 3 is 2.68 bits per heavy atom. The third-order valence-electron chi connectivity index (χ3n) is 5.48. The second kappa shape index (κ2) is 5.33. The summed E-state index contributed by atoms with van der Waals surface area (Å²) in [4.78, 5) is 11.6. The van der Waals surface area contributed by atoms with Crippen LogP contribution in [0.3, 0.4) is 0 Å². The van der Waals surface area contributed by atoms with Gasteiger partial charge < -0.3 is 9.47 Å². The molecule has 0 aromatic rings. The van der Waals surface area contributed by atoms with Gasteiger partial charge in [-0.3, -0.25) is 4.79 Å². The van der Waals surface area contributed by atoms with E-state index in [0.29, 0.717) is 6.42 Å². The predicted molar refractivity (Wildman–Crippen MR) is 79.1 cm³/mol. The number of fused-ring (bicyclic) bond motifs is 1. The van der Waals surface area contributed by atoms with Crippen LogP contribution in [0, 0.1) is 0 Å². The van der Waals surface area contributed by atoms with Gasteiger partial charge in [-0.05, 0) is 19.3 Å². The number of alkyl halides is 1. The largest absolute Gasteiger partial charge is 0.457 e. The molecule has 1 saturated carbocycles. The highest BCUT2D eigenvalue weighted by Crippen LogP contribution is 2.51. The van der Waals surface area contributed by atoms with Crippen molar-refractivity contribution in [3.05, 3.63) is 0 Å². The van der Waals surface area contributed by atoms with Crippen LogP contribution in [0.4, 0.5) is 0 Å². The summed E-state index contributed by atoms with van der Waals surface area (Å²) in [7, 11) is -3.36. The number of carbonyl (C=O) groups is 1. The van der Waals surface area contributed by atoms with E-state index in [4.69, 9.17) is 21.1 Å². The third-order valence-corrected chi connectivity index (χ3v) is 8.06. The summed E-state index contributed by atoms with van der Waals surface area (Å²) < 4.78 is 38.7. The number of esters is 1. The van der Waals surface area contributed by atoms with E-state index in [-0.39, 0.29) is 30.2 Å². The monoisotopic (exact) mass is 349 g/mol. The van der Waals surface area contributed by atoms with E-state index < -0.39 is 27.3 Å². The minimum Gasteiger partial charge on any atom is -0.457 e. The average molecular weight is 350 g/mol. The highest BCUT2D eigenvalue weighted by Gasteiger charge is 2.70. The predicted octanol–water partition coefficient (Wildman–Crippen LogP) is 1.02. The number of nitrogens with zero attached hydrogens (tertiary/aromatic N) is 1. The molecule has 5 atom stereocenters.